The summed E-state index contributed by atoms with van der Waals surface area (Å²) >= 11 is 5.82. The number of nitrogens with zero attached hydrogens (tertiary/aromatic N) is 1. The zero-order chi connectivity index (χ0) is 21.8. The number of rotatable bonds is 7. The van der Waals surface area contributed by atoms with E-state index in [4.69, 9.17) is 21.1 Å². The van der Waals surface area contributed by atoms with Crippen LogP contribution in [0.1, 0.15) is 15.9 Å². The van der Waals surface area contributed by atoms with Crippen molar-refractivity contribution < 1.29 is 22.7 Å². The maximum absolute atomic E-state index is 13.2. The third kappa shape index (κ3) is 4.68. The molecule has 0 radical (unpaired) electrons. The molecule has 31 heavy (non-hydrogen) atoms. The van der Waals surface area contributed by atoms with E-state index in [2.05, 4.69) is 0 Å². The molecular weight excluding hydrogens is 438 g/mol. The van der Waals surface area contributed by atoms with Crippen LogP contribution in [0.5, 0.6) is 5.75 Å². The van der Waals surface area contributed by atoms with Gasteiger partial charge >= 0.3 is 5.97 Å². The molecule has 6 nitrogen and oxygen atoms in total. The minimum Gasteiger partial charge on any atom is -0.490 e. The van der Waals surface area contributed by atoms with Gasteiger partial charge in [0.2, 0.25) is 0 Å². The first-order valence-electron chi connectivity index (χ1n) is 9.71. The number of anilines is 1. The number of halogens is 1. The largest absolute Gasteiger partial charge is 0.490 e. The Morgan fingerprint density at radius 1 is 0.968 bits per heavy atom. The quantitative estimate of drug-likeness (QED) is 0.390. The monoisotopic (exact) mass is 457 g/mol. The van der Waals surface area contributed by atoms with Crippen molar-refractivity contribution in [3.05, 3.63) is 88.9 Å². The van der Waals surface area contributed by atoms with Gasteiger partial charge in [-0.1, -0.05) is 35.9 Å². The van der Waals surface area contributed by atoms with Gasteiger partial charge in [0, 0.05) is 11.6 Å². The van der Waals surface area contributed by atoms with E-state index < -0.39 is 16.0 Å². The summed E-state index contributed by atoms with van der Waals surface area (Å²) in [5.74, 6) is -0.00184. The lowest BCUT2D eigenvalue weighted by molar-refractivity contribution is 0.0450. The lowest BCUT2D eigenvalue weighted by atomic mass is 10.2. The number of esters is 1. The second-order valence-electron chi connectivity index (χ2n) is 6.92. The topological polar surface area (TPSA) is 72.9 Å². The Labute approximate surface area is 186 Å². The van der Waals surface area contributed by atoms with Gasteiger partial charge in [-0.2, -0.15) is 0 Å². The highest BCUT2D eigenvalue weighted by molar-refractivity contribution is 7.92. The third-order valence-electron chi connectivity index (χ3n) is 4.90. The number of sulfonamides is 1. The molecular formula is C23H20ClNO5S. The van der Waals surface area contributed by atoms with Crippen LogP contribution in [0.15, 0.2) is 77.7 Å². The van der Waals surface area contributed by atoms with Crippen LogP contribution in [-0.4, -0.2) is 34.1 Å². The molecule has 0 N–H and O–H groups in total. The van der Waals surface area contributed by atoms with Crippen LogP contribution in [0.3, 0.4) is 0 Å². The molecule has 160 valence electrons. The predicted molar refractivity (Wildman–Crippen MR) is 118 cm³/mol. The highest BCUT2D eigenvalue weighted by Crippen LogP contribution is 2.32. The number of hydrogen-bond donors (Lipinski definition) is 0. The molecule has 0 fully saturated rings. The summed E-state index contributed by atoms with van der Waals surface area (Å²) in [4.78, 5) is 12.4. The number of fused-ring (bicyclic) bond motifs is 1. The fourth-order valence-corrected chi connectivity index (χ4v) is 5.05. The Hall–Kier alpha value is -3.03. The maximum Gasteiger partial charge on any atom is 0.338 e. The Kier molecular flexibility index (Phi) is 6.15. The van der Waals surface area contributed by atoms with Crippen molar-refractivity contribution in [3.63, 3.8) is 0 Å². The van der Waals surface area contributed by atoms with E-state index in [9.17, 15) is 13.2 Å². The summed E-state index contributed by atoms with van der Waals surface area (Å²) in [5, 5.41) is 0.603. The van der Waals surface area contributed by atoms with E-state index >= 15 is 0 Å². The SMILES string of the molecule is O=C(OCCOc1ccc(Cl)cc1)c1cccc(S(=O)(=O)N2CCc3ccccc32)c1. The van der Waals surface area contributed by atoms with Crippen LogP contribution >= 0.6 is 11.6 Å². The Balaban J connectivity index is 1.40. The minimum absolute atomic E-state index is 0.0257. The Bertz CT molecular complexity index is 1190. The van der Waals surface area contributed by atoms with Crippen molar-refractivity contribution in [1.82, 2.24) is 0 Å². The van der Waals surface area contributed by atoms with Gasteiger partial charge in [-0.05, 0) is 60.5 Å². The number of hydrogen-bond acceptors (Lipinski definition) is 5. The van der Waals surface area contributed by atoms with E-state index in [-0.39, 0.29) is 23.7 Å². The number of para-hydroxylation sites is 1. The standard InChI is InChI=1S/C23H20ClNO5S/c24-19-8-10-20(11-9-19)29-14-15-30-23(26)18-5-3-6-21(16-18)31(27,28)25-13-12-17-4-1-2-7-22(17)25/h1-11,16H,12-15H2. The fourth-order valence-electron chi connectivity index (χ4n) is 3.38. The molecule has 0 aliphatic carbocycles. The average Bonchev–Trinajstić information content (AvgIpc) is 3.23. The summed E-state index contributed by atoms with van der Waals surface area (Å²) in [6.07, 6.45) is 0.657. The van der Waals surface area contributed by atoms with Gasteiger partial charge in [0.1, 0.15) is 19.0 Å². The van der Waals surface area contributed by atoms with Gasteiger partial charge in [0.05, 0.1) is 16.1 Å². The highest BCUT2D eigenvalue weighted by Gasteiger charge is 2.31. The van der Waals surface area contributed by atoms with E-state index in [1.807, 2.05) is 18.2 Å². The fraction of sp³-hybridized carbons (Fsp3) is 0.174. The zero-order valence-electron chi connectivity index (χ0n) is 16.5. The smallest absolute Gasteiger partial charge is 0.338 e. The van der Waals surface area contributed by atoms with Crippen molar-refractivity contribution >= 4 is 33.3 Å². The van der Waals surface area contributed by atoms with E-state index in [1.54, 1.807) is 30.3 Å². The summed E-state index contributed by atoms with van der Waals surface area (Å²) in [7, 11) is -3.78. The summed E-state index contributed by atoms with van der Waals surface area (Å²) in [6, 6.07) is 20.1. The first kappa shape index (κ1) is 21.2. The summed E-state index contributed by atoms with van der Waals surface area (Å²) in [6.45, 7) is 0.562. The second-order valence-corrected chi connectivity index (χ2v) is 9.22. The molecule has 1 aliphatic rings. The number of ether oxygens (including phenoxy) is 2. The Morgan fingerprint density at radius 3 is 2.55 bits per heavy atom. The molecule has 1 aliphatic heterocycles. The van der Waals surface area contributed by atoms with Gasteiger partial charge in [0.25, 0.3) is 10.0 Å². The molecule has 0 aromatic heterocycles. The van der Waals surface area contributed by atoms with Crippen LogP contribution in [-0.2, 0) is 21.2 Å². The molecule has 0 unspecified atom stereocenters. The van der Waals surface area contributed by atoms with Crippen LogP contribution < -0.4 is 9.04 Å². The first-order valence-corrected chi connectivity index (χ1v) is 11.5. The molecule has 3 aromatic carbocycles. The lowest BCUT2D eigenvalue weighted by Gasteiger charge is -2.19. The molecule has 0 amide bonds. The van der Waals surface area contributed by atoms with E-state index in [1.165, 1.54) is 28.6 Å². The highest BCUT2D eigenvalue weighted by atomic mass is 35.5. The van der Waals surface area contributed by atoms with Crippen molar-refractivity contribution in [3.8, 4) is 5.75 Å². The van der Waals surface area contributed by atoms with Gasteiger partial charge in [-0.3, -0.25) is 4.31 Å². The van der Waals surface area contributed by atoms with Crippen molar-refractivity contribution in [2.75, 3.05) is 24.1 Å². The third-order valence-corrected chi connectivity index (χ3v) is 6.96. The zero-order valence-corrected chi connectivity index (χ0v) is 18.1. The van der Waals surface area contributed by atoms with E-state index in [0.29, 0.717) is 29.4 Å². The number of carbonyl (C=O) groups is 1. The predicted octanol–water partition coefficient (Wildman–Crippen LogP) is 4.33. The van der Waals surface area contributed by atoms with Crippen molar-refractivity contribution in [2.24, 2.45) is 0 Å². The summed E-state index contributed by atoms with van der Waals surface area (Å²) in [5.41, 5.74) is 1.83. The molecule has 0 atom stereocenters. The number of benzene rings is 3. The number of carbonyl (C=O) groups excluding carboxylic acids is 1. The minimum atomic E-state index is -3.78. The molecule has 0 saturated heterocycles. The van der Waals surface area contributed by atoms with Crippen LogP contribution in [0.4, 0.5) is 5.69 Å². The van der Waals surface area contributed by atoms with Crippen molar-refractivity contribution in [2.45, 2.75) is 11.3 Å². The summed E-state index contributed by atoms with van der Waals surface area (Å²) < 4.78 is 38.4. The molecule has 4 rings (SSSR count). The lowest BCUT2D eigenvalue weighted by Crippen LogP contribution is -2.29. The molecule has 3 aromatic rings. The molecule has 0 spiro atoms. The van der Waals surface area contributed by atoms with Gasteiger partial charge in [-0.25, -0.2) is 13.2 Å². The Morgan fingerprint density at radius 2 is 1.74 bits per heavy atom. The second kappa shape index (κ2) is 8.99. The average molecular weight is 458 g/mol. The maximum atomic E-state index is 13.2. The van der Waals surface area contributed by atoms with Gasteiger partial charge < -0.3 is 9.47 Å². The molecule has 8 heteroatoms. The van der Waals surface area contributed by atoms with Crippen molar-refractivity contribution in [1.29, 1.82) is 0 Å². The van der Waals surface area contributed by atoms with Gasteiger partial charge in [-0.15, -0.1) is 0 Å². The van der Waals surface area contributed by atoms with E-state index in [0.717, 1.165) is 5.56 Å². The normalized spacial score (nSPS) is 13.0. The molecule has 1 heterocycles. The molecule has 0 bridgehead atoms. The van der Waals surface area contributed by atoms with Crippen LogP contribution in [0.25, 0.3) is 0 Å². The van der Waals surface area contributed by atoms with Crippen LogP contribution in [0, 0.1) is 0 Å². The molecule has 0 saturated carbocycles. The van der Waals surface area contributed by atoms with Gasteiger partial charge in [0.15, 0.2) is 0 Å². The van der Waals surface area contributed by atoms with Crippen LogP contribution in [0.2, 0.25) is 5.02 Å². The first-order chi connectivity index (χ1) is 14.9.